The smallest absolute Gasteiger partial charge is 0.311 e. The molecule has 4 fully saturated rings. The van der Waals surface area contributed by atoms with Gasteiger partial charge in [-0.2, -0.15) is 0 Å². The molecule has 4 saturated carbocycles. The number of rotatable bonds is 6. The monoisotopic (exact) mass is 500 g/mol. The normalized spacial score (nSPS) is 45.5. The van der Waals surface area contributed by atoms with Gasteiger partial charge in [-0.25, -0.2) is 0 Å². The number of hydrogen-bond acceptors (Lipinski definition) is 3. The lowest BCUT2D eigenvalue weighted by Gasteiger charge is -2.67. The quantitative estimate of drug-likeness (QED) is 0.310. The van der Waals surface area contributed by atoms with Gasteiger partial charge in [-0.15, -0.1) is 0 Å². The second kappa shape index (κ2) is 9.91. The van der Waals surface area contributed by atoms with E-state index in [0.717, 1.165) is 49.4 Å². The zero-order chi connectivity index (χ0) is 26.7. The fourth-order valence-corrected chi connectivity index (χ4v) is 10.1. The van der Waals surface area contributed by atoms with Gasteiger partial charge in [0.05, 0.1) is 11.5 Å². The molecule has 0 bridgehead atoms. The van der Waals surface area contributed by atoms with Crippen LogP contribution < -0.4 is 0 Å². The van der Waals surface area contributed by atoms with Crippen LogP contribution in [-0.4, -0.2) is 31.1 Å². The zero-order valence-corrected chi connectivity index (χ0v) is 25.2. The number of ether oxygens (including phenoxy) is 1. The summed E-state index contributed by atoms with van der Waals surface area (Å²) in [5.74, 6) is 4.48. The molecule has 4 aliphatic carbocycles. The summed E-state index contributed by atoms with van der Waals surface area (Å²) in [5, 5.41) is 11.6. The van der Waals surface area contributed by atoms with Crippen molar-refractivity contribution >= 4 is 13.8 Å². The van der Waals surface area contributed by atoms with Gasteiger partial charge in [-0.05, 0) is 124 Å². The Morgan fingerprint density at radius 2 is 1.72 bits per heavy atom. The van der Waals surface area contributed by atoms with Crippen LogP contribution in [0.3, 0.4) is 0 Å². The van der Waals surface area contributed by atoms with Crippen LogP contribution in [0.15, 0.2) is 0 Å². The minimum absolute atomic E-state index is 0.0580. The number of aliphatic hydroxyl groups is 1. The molecule has 0 saturated heterocycles. The number of carbonyl (C=O) groups is 1. The van der Waals surface area contributed by atoms with Gasteiger partial charge in [0.1, 0.15) is 14.0 Å². The third-order valence-corrected chi connectivity index (χ3v) is 12.5. The van der Waals surface area contributed by atoms with Gasteiger partial charge in [0.25, 0.3) is 0 Å². The molecule has 0 spiro atoms. The molecule has 3 nitrogen and oxygen atoms in total. The zero-order valence-electron chi connectivity index (χ0n) is 25.2. The van der Waals surface area contributed by atoms with E-state index in [1.165, 1.54) is 44.9 Å². The van der Waals surface area contributed by atoms with Crippen LogP contribution in [0.1, 0.15) is 126 Å². The van der Waals surface area contributed by atoms with E-state index in [-0.39, 0.29) is 28.9 Å². The predicted molar refractivity (Wildman–Crippen MR) is 152 cm³/mol. The van der Waals surface area contributed by atoms with E-state index >= 15 is 0 Å². The average Bonchev–Trinajstić information content (AvgIpc) is 3.12. The minimum atomic E-state index is -0.475. The molecule has 0 amide bonds. The van der Waals surface area contributed by atoms with Gasteiger partial charge < -0.3 is 9.84 Å². The van der Waals surface area contributed by atoms with Crippen LogP contribution in [0, 0.1) is 51.8 Å². The number of hydrogen-bond donors (Lipinski definition) is 1. The Balaban J connectivity index is 1.49. The van der Waals surface area contributed by atoms with Crippen molar-refractivity contribution in [2.45, 2.75) is 144 Å². The number of aliphatic hydroxyl groups excluding tert-OH is 1. The van der Waals surface area contributed by atoms with Crippen molar-refractivity contribution in [1.29, 1.82) is 0 Å². The molecule has 36 heavy (non-hydrogen) atoms. The Morgan fingerprint density at radius 1 is 1.03 bits per heavy atom. The molecule has 0 aromatic carbocycles. The average molecular weight is 501 g/mol. The van der Waals surface area contributed by atoms with E-state index in [0.29, 0.717) is 17.3 Å². The van der Waals surface area contributed by atoms with Gasteiger partial charge in [0.2, 0.25) is 0 Å². The molecular weight excluding hydrogens is 443 g/mol. The van der Waals surface area contributed by atoms with Crippen molar-refractivity contribution in [3.05, 3.63) is 0 Å². The molecule has 0 aromatic rings. The van der Waals surface area contributed by atoms with Gasteiger partial charge in [0, 0.05) is 0 Å². The lowest BCUT2D eigenvalue weighted by molar-refractivity contribution is -0.181. The highest BCUT2D eigenvalue weighted by Crippen LogP contribution is 2.73. The summed E-state index contributed by atoms with van der Waals surface area (Å²) >= 11 is 0. The van der Waals surface area contributed by atoms with E-state index in [1.54, 1.807) is 0 Å². The molecule has 0 aliphatic heterocycles. The first-order valence-electron chi connectivity index (χ1n) is 15.5. The Hall–Kier alpha value is -0.505. The van der Waals surface area contributed by atoms with Crippen molar-refractivity contribution in [3.63, 3.8) is 0 Å². The molecule has 0 aromatic heterocycles. The highest BCUT2D eigenvalue weighted by Gasteiger charge is 2.66. The summed E-state index contributed by atoms with van der Waals surface area (Å²) in [6, 6.07) is 0. The summed E-state index contributed by atoms with van der Waals surface area (Å²) < 4.78 is 6.02. The first kappa shape index (κ1) is 28.5. The second-order valence-corrected chi connectivity index (χ2v) is 16.0. The molecule has 4 rings (SSSR count). The largest absolute Gasteiger partial charge is 0.462 e. The van der Waals surface area contributed by atoms with Crippen molar-refractivity contribution < 1.29 is 14.6 Å². The maximum absolute atomic E-state index is 12.6. The topological polar surface area (TPSA) is 46.5 Å². The van der Waals surface area contributed by atoms with E-state index in [1.807, 2.05) is 20.8 Å². The molecule has 10 atom stereocenters. The Bertz CT molecular complexity index is 804. The fraction of sp³-hybridized carbons (Fsp3) is 0.969. The van der Waals surface area contributed by atoms with Crippen LogP contribution >= 0.6 is 0 Å². The standard InChI is InChI=1S/C32H57BO3/c1-20(2)10-9-11-21(3)24-12-13-25-23-18-27(34)32(33)19-22(36-28(35)29(4,5)6)14-17-31(32,8)26(23)15-16-30(24,25)7/h20-27,34H,9-19,33H2,1-8H3/t21-,22+,23?,24-,25?,26?,27-,30-,31-,32+/m1/s1. The Labute approximate surface area is 223 Å². The summed E-state index contributed by atoms with van der Waals surface area (Å²) in [6.45, 7) is 18.2. The molecule has 4 aliphatic rings. The van der Waals surface area contributed by atoms with Gasteiger partial charge >= 0.3 is 5.97 Å². The maximum Gasteiger partial charge on any atom is 0.311 e. The van der Waals surface area contributed by atoms with E-state index < -0.39 is 5.41 Å². The summed E-state index contributed by atoms with van der Waals surface area (Å²) in [7, 11) is 2.33. The van der Waals surface area contributed by atoms with Crippen LogP contribution in [0.2, 0.25) is 5.31 Å². The third-order valence-electron chi connectivity index (χ3n) is 12.5. The van der Waals surface area contributed by atoms with Gasteiger partial charge in [-0.1, -0.05) is 53.9 Å². The Kier molecular flexibility index (Phi) is 7.84. The number of esters is 1. The van der Waals surface area contributed by atoms with Crippen molar-refractivity contribution in [2.24, 2.45) is 51.8 Å². The highest BCUT2D eigenvalue weighted by atomic mass is 16.5. The van der Waals surface area contributed by atoms with Crippen molar-refractivity contribution in [1.82, 2.24) is 0 Å². The molecule has 1 N–H and O–H groups in total. The van der Waals surface area contributed by atoms with Crippen molar-refractivity contribution in [2.75, 3.05) is 0 Å². The molecule has 0 radical (unpaired) electrons. The first-order chi connectivity index (χ1) is 16.6. The molecule has 206 valence electrons. The second-order valence-electron chi connectivity index (χ2n) is 16.0. The number of fused-ring (bicyclic) bond motifs is 5. The summed E-state index contributed by atoms with van der Waals surface area (Å²) in [4.78, 5) is 12.6. The lowest BCUT2D eigenvalue weighted by atomic mass is 9.34. The van der Waals surface area contributed by atoms with Crippen LogP contribution in [-0.2, 0) is 9.53 Å². The SMILES string of the molecule is B[C@]12C[C@@H](OC(=O)C(C)(C)C)CC[C@]1(C)C1CC[C@@]3(C)C(CC[C@@H]3[C@H](C)CCCC(C)C)C1C[C@H]2O. The van der Waals surface area contributed by atoms with Gasteiger partial charge in [0.15, 0.2) is 0 Å². The predicted octanol–water partition coefficient (Wildman–Crippen LogP) is 7.21. The molecule has 0 heterocycles. The number of carbonyl (C=O) groups excluding carboxylic acids is 1. The fourth-order valence-electron chi connectivity index (χ4n) is 10.1. The molecule has 3 unspecified atom stereocenters. The molecular formula is C32H57BO3. The highest BCUT2D eigenvalue weighted by molar-refractivity contribution is 6.16. The third kappa shape index (κ3) is 4.73. The Morgan fingerprint density at radius 3 is 2.36 bits per heavy atom. The van der Waals surface area contributed by atoms with Crippen LogP contribution in [0.4, 0.5) is 0 Å². The summed E-state index contributed by atoms with van der Waals surface area (Å²) in [5.41, 5.74) is 0.0979. The van der Waals surface area contributed by atoms with E-state index in [2.05, 4.69) is 42.5 Å². The van der Waals surface area contributed by atoms with Crippen LogP contribution in [0.5, 0.6) is 0 Å². The van der Waals surface area contributed by atoms with Gasteiger partial charge in [-0.3, -0.25) is 4.79 Å². The van der Waals surface area contributed by atoms with Crippen LogP contribution in [0.25, 0.3) is 0 Å². The van der Waals surface area contributed by atoms with E-state index in [4.69, 9.17) is 4.74 Å². The first-order valence-corrected chi connectivity index (χ1v) is 15.5. The maximum atomic E-state index is 12.6. The van der Waals surface area contributed by atoms with Crippen molar-refractivity contribution in [3.8, 4) is 0 Å². The lowest BCUT2D eigenvalue weighted by Crippen LogP contribution is -2.61. The molecule has 4 heteroatoms. The minimum Gasteiger partial charge on any atom is -0.462 e. The van der Waals surface area contributed by atoms with E-state index in [9.17, 15) is 9.90 Å². The summed E-state index contributed by atoms with van der Waals surface area (Å²) in [6.07, 6.45) is 13.0.